The smallest absolute Gasteiger partial charge is 0.283 e. The van der Waals surface area contributed by atoms with Gasteiger partial charge in [0.15, 0.2) is 0 Å². The highest BCUT2D eigenvalue weighted by Crippen LogP contribution is 2.38. The van der Waals surface area contributed by atoms with E-state index in [1.54, 1.807) is 48.5 Å². The van der Waals surface area contributed by atoms with E-state index >= 15 is 0 Å². The number of hydrogen-bond donors (Lipinski definition) is 1. The van der Waals surface area contributed by atoms with Gasteiger partial charge in [0, 0.05) is 15.6 Å². The van der Waals surface area contributed by atoms with Crippen molar-refractivity contribution in [1.29, 1.82) is 0 Å². The van der Waals surface area contributed by atoms with Crippen LogP contribution in [0.5, 0.6) is 5.75 Å². The Kier molecular flexibility index (Phi) is 6.30. The molecule has 0 aromatic heterocycles. The molecule has 0 saturated heterocycles. The van der Waals surface area contributed by atoms with Gasteiger partial charge >= 0.3 is 0 Å². The number of thioether (sulfide) groups is 1. The van der Waals surface area contributed by atoms with E-state index in [1.807, 2.05) is 37.3 Å². The minimum atomic E-state index is -0.424. The van der Waals surface area contributed by atoms with Crippen molar-refractivity contribution < 1.29 is 14.3 Å². The number of nitrogens with one attached hydrogen (secondary N) is 1. The summed E-state index contributed by atoms with van der Waals surface area (Å²) in [6.45, 7) is 2.43. The molecule has 156 valence electrons. The molecule has 1 aliphatic rings. The predicted molar refractivity (Wildman–Crippen MR) is 125 cm³/mol. The van der Waals surface area contributed by atoms with E-state index in [2.05, 4.69) is 5.32 Å². The third kappa shape index (κ3) is 4.60. The fraction of sp³-hybridized carbons (Fsp3) is 0.0833. The second kappa shape index (κ2) is 9.29. The van der Waals surface area contributed by atoms with E-state index in [0.29, 0.717) is 33.7 Å². The average molecular weight is 451 g/mol. The Morgan fingerprint density at radius 2 is 1.68 bits per heavy atom. The Bertz CT molecular complexity index is 1150. The highest BCUT2D eigenvalue weighted by atomic mass is 35.5. The van der Waals surface area contributed by atoms with E-state index in [0.717, 1.165) is 4.90 Å². The van der Waals surface area contributed by atoms with E-state index in [9.17, 15) is 9.59 Å². The molecule has 0 fully saturated rings. The zero-order chi connectivity index (χ0) is 21.8. The molecule has 0 spiro atoms. The number of imide groups is 1. The molecule has 0 saturated carbocycles. The maximum atomic E-state index is 13.3. The second-order valence-electron chi connectivity index (χ2n) is 6.63. The van der Waals surface area contributed by atoms with Gasteiger partial charge in [-0.15, -0.1) is 0 Å². The number of carbonyl (C=O) groups is 2. The zero-order valence-corrected chi connectivity index (χ0v) is 18.2. The monoisotopic (exact) mass is 450 g/mol. The summed E-state index contributed by atoms with van der Waals surface area (Å²) in [5, 5.41) is 3.63. The number of ether oxygens (including phenoxy) is 1. The van der Waals surface area contributed by atoms with E-state index in [1.165, 1.54) is 16.7 Å². The molecule has 0 radical (unpaired) electrons. The molecule has 0 unspecified atom stereocenters. The Morgan fingerprint density at radius 1 is 0.935 bits per heavy atom. The number of hydrogen-bond acceptors (Lipinski definition) is 5. The predicted octanol–water partition coefficient (Wildman–Crippen LogP) is 5.73. The molecule has 7 heteroatoms. The van der Waals surface area contributed by atoms with Gasteiger partial charge in [0.2, 0.25) is 0 Å². The summed E-state index contributed by atoms with van der Waals surface area (Å²) in [6, 6.07) is 23.4. The van der Waals surface area contributed by atoms with Crippen molar-refractivity contribution in [2.75, 3.05) is 16.8 Å². The van der Waals surface area contributed by atoms with Gasteiger partial charge in [-0.1, -0.05) is 47.6 Å². The Hall–Kier alpha value is -3.22. The molecular weight excluding hydrogens is 432 g/mol. The zero-order valence-electron chi connectivity index (χ0n) is 16.7. The highest BCUT2D eigenvalue weighted by molar-refractivity contribution is 8.04. The van der Waals surface area contributed by atoms with Crippen LogP contribution in [0.25, 0.3) is 0 Å². The van der Waals surface area contributed by atoms with Crippen LogP contribution in [-0.4, -0.2) is 18.4 Å². The van der Waals surface area contributed by atoms with E-state index < -0.39 is 5.91 Å². The van der Waals surface area contributed by atoms with Crippen molar-refractivity contribution in [2.24, 2.45) is 0 Å². The summed E-state index contributed by atoms with van der Waals surface area (Å²) in [6.07, 6.45) is 0. The molecule has 1 N–H and O–H groups in total. The average Bonchev–Trinajstić information content (AvgIpc) is 2.99. The fourth-order valence-electron chi connectivity index (χ4n) is 3.12. The first-order valence-electron chi connectivity index (χ1n) is 9.68. The molecule has 0 bridgehead atoms. The minimum Gasteiger partial charge on any atom is -0.494 e. The van der Waals surface area contributed by atoms with E-state index in [-0.39, 0.29) is 11.6 Å². The molecule has 3 aromatic rings. The van der Waals surface area contributed by atoms with Gasteiger partial charge in [-0.2, -0.15) is 0 Å². The number of amides is 2. The van der Waals surface area contributed by atoms with Crippen LogP contribution < -0.4 is 15.0 Å². The molecule has 0 atom stereocenters. The lowest BCUT2D eigenvalue weighted by atomic mass is 10.2. The molecule has 4 rings (SSSR count). The van der Waals surface area contributed by atoms with Crippen molar-refractivity contribution >= 4 is 46.6 Å². The van der Waals surface area contributed by atoms with Crippen LogP contribution in [0.15, 0.2) is 94.4 Å². The lowest BCUT2D eigenvalue weighted by Gasteiger charge is -2.16. The molecule has 3 aromatic carbocycles. The number of anilines is 2. The number of rotatable bonds is 7. The van der Waals surface area contributed by atoms with Gasteiger partial charge in [0.25, 0.3) is 11.8 Å². The fourth-order valence-corrected chi connectivity index (χ4v) is 4.26. The largest absolute Gasteiger partial charge is 0.494 e. The Morgan fingerprint density at radius 3 is 2.35 bits per heavy atom. The maximum Gasteiger partial charge on any atom is 0.283 e. The SMILES string of the molecule is CCOc1ccc(N2C(=O)C(Nc3cccc(Cl)c3)=C(Sc3ccccc3)C2=O)cc1. The first-order valence-corrected chi connectivity index (χ1v) is 10.9. The number of halogens is 1. The van der Waals surface area contributed by atoms with Gasteiger partial charge < -0.3 is 10.1 Å². The van der Waals surface area contributed by atoms with Crippen LogP contribution in [0.3, 0.4) is 0 Å². The van der Waals surface area contributed by atoms with Crippen molar-refractivity contribution in [1.82, 2.24) is 0 Å². The van der Waals surface area contributed by atoms with Gasteiger partial charge in [0.1, 0.15) is 16.4 Å². The summed E-state index contributed by atoms with van der Waals surface area (Å²) in [7, 11) is 0. The van der Waals surface area contributed by atoms with Crippen molar-refractivity contribution in [3.8, 4) is 5.75 Å². The van der Waals surface area contributed by atoms with Crippen LogP contribution >= 0.6 is 23.4 Å². The summed E-state index contributed by atoms with van der Waals surface area (Å²) in [5.74, 6) is -0.130. The van der Waals surface area contributed by atoms with Crippen LogP contribution in [0.1, 0.15) is 6.92 Å². The van der Waals surface area contributed by atoms with E-state index in [4.69, 9.17) is 16.3 Å². The third-order valence-corrected chi connectivity index (χ3v) is 5.83. The lowest BCUT2D eigenvalue weighted by molar-refractivity contribution is -0.120. The number of benzene rings is 3. The third-order valence-electron chi connectivity index (χ3n) is 4.50. The molecule has 1 heterocycles. The molecule has 0 aliphatic carbocycles. The normalized spacial score (nSPS) is 13.7. The number of nitrogens with zero attached hydrogens (tertiary/aromatic N) is 1. The van der Waals surface area contributed by atoms with Gasteiger partial charge in [-0.05, 0) is 61.5 Å². The summed E-state index contributed by atoms with van der Waals surface area (Å²) < 4.78 is 5.46. The van der Waals surface area contributed by atoms with Gasteiger partial charge in [0.05, 0.1) is 12.3 Å². The Labute approximate surface area is 189 Å². The minimum absolute atomic E-state index is 0.218. The summed E-state index contributed by atoms with van der Waals surface area (Å²) in [5.41, 5.74) is 1.32. The maximum absolute atomic E-state index is 13.3. The quantitative estimate of drug-likeness (QED) is 0.466. The topological polar surface area (TPSA) is 58.6 Å². The summed E-state index contributed by atoms with van der Waals surface area (Å²) >= 11 is 7.34. The first-order chi connectivity index (χ1) is 15.1. The second-order valence-corrected chi connectivity index (χ2v) is 8.15. The van der Waals surface area contributed by atoms with Crippen molar-refractivity contribution in [2.45, 2.75) is 11.8 Å². The molecule has 5 nitrogen and oxygen atoms in total. The molecule has 1 aliphatic heterocycles. The highest BCUT2D eigenvalue weighted by Gasteiger charge is 2.40. The van der Waals surface area contributed by atoms with Gasteiger partial charge in [-0.3, -0.25) is 9.59 Å². The first kappa shape index (κ1) is 21.0. The van der Waals surface area contributed by atoms with Crippen molar-refractivity contribution in [3.63, 3.8) is 0 Å². The van der Waals surface area contributed by atoms with Crippen LogP contribution in [-0.2, 0) is 9.59 Å². The van der Waals surface area contributed by atoms with Crippen LogP contribution in [0, 0.1) is 0 Å². The molecule has 2 amide bonds. The molecule has 31 heavy (non-hydrogen) atoms. The number of carbonyl (C=O) groups excluding carboxylic acids is 2. The Balaban J connectivity index is 1.70. The van der Waals surface area contributed by atoms with Crippen LogP contribution in [0.2, 0.25) is 5.02 Å². The van der Waals surface area contributed by atoms with Crippen molar-refractivity contribution in [3.05, 3.63) is 94.5 Å². The van der Waals surface area contributed by atoms with Gasteiger partial charge in [-0.25, -0.2) is 4.90 Å². The van der Waals surface area contributed by atoms with Crippen LogP contribution in [0.4, 0.5) is 11.4 Å². The molecular formula is C24H19ClN2O3S. The standard InChI is InChI=1S/C24H19ClN2O3S/c1-2-30-19-13-11-18(12-14-19)27-23(28)21(26-17-8-6-7-16(25)15-17)22(24(27)29)31-20-9-4-3-5-10-20/h3-15,26H,2H2,1H3. The summed E-state index contributed by atoms with van der Waals surface area (Å²) in [4.78, 5) is 29.0. The lowest BCUT2D eigenvalue weighted by Crippen LogP contribution is -2.32.